The topological polar surface area (TPSA) is 0 Å². The van der Waals surface area contributed by atoms with Crippen LogP contribution in [0.25, 0.3) is 21.9 Å². The Balaban J connectivity index is 2.36. The highest BCUT2D eigenvalue weighted by atomic mass is 14.1. The third-order valence-electron chi connectivity index (χ3n) is 3.16. The molecule has 0 aliphatic rings. The van der Waals surface area contributed by atoms with Gasteiger partial charge in [0.2, 0.25) is 0 Å². The summed E-state index contributed by atoms with van der Waals surface area (Å²) in [4.78, 5) is 0. The standard InChI is InChI=1S/C18H12/c1-2-14-8-3-5-11-16(14)18-13-7-10-15-9-4-6-12-17(15)18/h1,3-13H. The van der Waals surface area contributed by atoms with Gasteiger partial charge >= 0.3 is 0 Å². The Hall–Kier alpha value is -2.52. The second-order valence-electron chi connectivity index (χ2n) is 4.22. The fraction of sp³-hybridized carbons (Fsp3) is 0. The third kappa shape index (κ3) is 1.67. The van der Waals surface area contributed by atoms with Crippen molar-refractivity contribution in [1.82, 2.24) is 0 Å². The number of terminal acetylenes is 1. The van der Waals surface area contributed by atoms with Crippen LogP contribution in [0, 0.1) is 12.3 Å². The second-order valence-corrected chi connectivity index (χ2v) is 4.22. The Morgan fingerprint density at radius 2 is 1.33 bits per heavy atom. The largest absolute Gasteiger partial charge is 0.115 e. The van der Waals surface area contributed by atoms with Crippen LogP contribution in [0.5, 0.6) is 0 Å². The molecule has 0 saturated carbocycles. The van der Waals surface area contributed by atoms with Crippen molar-refractivity contribution in [1.29, 1.82) is 0 Å². The molecule has 0 saturated heterocycles. The molecule has 18 heavy (non-hydrogen) atoms. The Kier molecular flexibility index (Phi) is 2.59. The monoisotopic (exact) mass is 228 g/mol. The van der Waals surface area contributed by atoms with Crippen LogP contribution in [0.4, 0.5) is 0 Å². The van der Waals surface area contributed by atoms with Crippen molar-refractivity contribution >= 4 is 10.8 Å². The smallest absolute Gasteiger partial charge is 0.0321 e. The van der Waals surface area contributed by atoms with E-state index in [-0.39, 0.29) is 0 Å². The molecule has 0 aromatic heterocycles. The minimum Gasteiger partial charge on any atom is -0.115 e. The minimum absolute atomic E-state index is 0.939. The summed E-state index contributed by atoms with van der Waals surface area (Å²) in [6, 6.07) is 22.8. The van der Waals surface area contributed by atoms with Gasteiger partial charge in [0.15, 0.2) is 0 Å². The van der Waals surface area contributed by atoms with Gasteiger partial charge in [0, 0.05) is 5.56 Å². The lowest BCUT2D eigenvalue weighted by Crippen LogP contribution is -1.85. The average Bonchev–Trinajstić information content (AvgIpc) is 2.46. The highest BCUT2D eigenvalue weighted by molar-refractivity contribution is 5.97. The fourth-order valence-corrected chi connectivity index (χ4v) is 2.30. The molecule has 0 aliphatic heterocycles. The van der Waals surface area contributed by atoms with Gasteiger partial charge in [0.05, 0.1) is 0 Å². The van der Waals surface area contributed by atoms with E-state index in [2.05, 4.69) is 54.5 Å². The van der Waals surface area contributed by atoms with Gasteiger partial charge in [0.25, 0.3) is 0 Å². The molecular weight excluding hydrogens is 216 g/mol. The van der Waals surface area contributed by atoms with Crippen LogP contribution in [-0.2, 0) is 0 Å². The maximum Gasteiger partial charge on any atom is 0.0321 e. The number of hydrogen-bond donors (Lipinski definition) is 0. The first-order valence-corrected chi connectivity index (χ1v) is 5.94. The molecular formula is C18H12. The van der Waals surface area contributed by atoms with Crippen molar-refractivity contribution < 1.29 is 0 Å². The Bertz CT molecular complexity index is 740. The van der Waals surface area contributed by atoms with Gasteiger partial charge in [-0.05, 0) is 28.0 Å². The van der Waals surface area contributed by atoms with Gasteiger partial charge in [-0.1, -0.05) is 66.6 Å². The number of benzene rings is 3. The molecule has 0 fully saturated rings. The van der Waals surface area contributed by atoms with E-state index >= 15 is 0 Å². The van der Waals surface area contributed by atoms with E-state index in [1.165, 1.54) is 16.3 Å². The van der Waals surface area contributed by atoms with Crippen molar-refractivity contribution in [3.63, 3.8) is 0 Å². The summed E-state index contributed by atoms with van der Waals surface area (Å²) in [5.41, 5.74) is 3.26. The molecule has 0 heterocycles. The van der Waals surface area contributed by atoms with Crippen molar-refractivity contribution in [2.24, 2.45) is 0 Å². The van der Waals surface area contributed by atoms with Gasteiger partial charge in [-0.15, -0.1) is 6.42 Å². The summed E-state index contributed by atoms with van der Waals surface area (Å²) in [6.45, 7) is 0. The summed E-state index contributed by atoms with van der Waals surface area (Å²) in [7, 11) is 0. The first-order valence-electron chi connectivity index (χ1n) is 5.94. The van der Waals surface area contributed by atoms with Crippen LogP contribution in [0.3, 0.4) is 0 Å². The summed E-state index contributed by atoms with van der Waals surface area (Å²) < 4.78 is 0. The van der Waals surface area contributed by atoms with E-state index in [4.69, 9.17) is 6.42 Å². The summed E-state index contributed by atoms with van der Waals surface area (Å²) >= 11 is 0. The van der Waals surface area contributed by atoms with E-state index in [9.17, 15) is 0 Å². The summed E-state index contributed by atoms with van der Waals surface area (Å²) in [5.74, 6) is 2.76. The predicted molar refractivity (Wildman–Crippen MR) is 77.3 cm³/mol. The molecule has 0 bridgehead atoms. The van der Waals surface area contributed by atoms with Crippen molar-refractivity contribution in [2.45, 2.75) is 0 Å². The van der Waals surface area contributed by atoms with Gasteiger partial charge in [0.1, 0.15) is 0 Å². The van der Waals surface area contributed by atoms with Gasteiger partial charge in [-0.3, -0.25) is 0 Å². The van der Waals surface area contributed by atoms with Gasteiger partial charge in [-0.2, -0.15) is 0 Å². The van der Waals surface area contributed by atoms with Crippen LogP contribution in [0.2, 0.25) is 0 Å². The SMILES string of the molecule is C#Cc1ccccc1-c1cccc2ccccc12. The molecule has 84 valence electrons. The Labute approximate surface area is 107 Å². The number of rotatable bonds is 1. The lowest BCUT2D eigenvalue weighted by atomic mass is 9.95. The van der Waals surface area contributed by atoms with Gasteiger partial charge < -0.3 is 0 Å². The lowest BCUT2D eigenvalue weighted by molar-refractivity contribution is 1.61. The highest BCUT2D eigenvalue weighted by Crippen LogP contribution is 2.30. The molecule has 3 aromatic carbocycles. The van der Waals surface area contributed by atoms with E-state index in [0.717, 1.165) is 11.1 Å². The van der Waals surface area contributed by atoms with E-state index in [1.807, 2.05) is 18.2 Å². The number of fused-ring (bicyclic) bond motifs is 1. The highest BCUT2D eigenvalue weighted by Gasteiger charge is 2.05. The molecule has 0 heteroatoms. The van der Waals surface area contributed by atoms with Crippen LogP contribution in [0.15, 0.2) is 66.7 Å². The Morgan fingerprint density at radius 3 is 2.22 bits per heavy atom. The molecule has 3 aromatic rings. The van der Waals surface area contributed by atoms with Crippen LogP contribution in [-0.4, -0.2) is 0 Å². The quantitative estimate of drug-likeness (QED) is 0.538. The third-order valence-corrected chi connectivity index (χ3v) is 3.16. The van der Waals surface area contributed by atoms with Crippen molar-refractivity contribution in [3.8, 4) is 23.5 Å². The zero-order valence-electron chi connectivity index (χ0n) is 9.93. The predicted octanol–water partition coefficient (Wildman–Crippen LogP) is 4.49. The molecule has 0 N–H and O–H groups in total. The van der Waals surface area contributed by atoms with E-state index in [1.54, 1.807) is 0 Å². The molecule has 3 rings (SSSR count). The first-order chi connectivity index (χ1) is 8.90. The molecule has 0 unspecified atom stereocenters. The minimum atomic E-state index is 0.939. The van der Waals surface area contributed by atoms with E-state index in [0.29, 0.717) is 0 Å². The fourth-order valence-electron chi connectivity index (χ4n) is 2.30. The molecule has 0 radical (unpaired) electrons. The summed E-state index contributed by atoms with van der Waals surface area (Å²) in [5, 5.41) is 2.48. The van der Waals surface area contributed by atoms with Crippen molar-refractivity contribution in [2.75, 3.05) is 0 Å². The zero-order chi connectivity index (χ0) is 12.4. The zero-order valence-corrected chi connectivity index (χ0v) is 9.93. The van der Waals surface area contributed by atoms with Crippen LogP contribution < -0.4 is 0 Å². The molecule has 0 spiro atoms. The number of hydrogen-bond acceptors (Lipinski definition) is 0. The molecule has 0 amide bonds. The summed E-state index contributed by atoms with van der Waals surface area (Å²) in [6.07, 6.45) is 5.58. The maximum atomic E-state index is 5.58. The molecule has 0 aliphatic carbocycles. The molecule has 0 nitrogen and oxygen atoms in total. The maximum absolute atomic E-state index is 5.58. The Morgan fingerprint density at radius 1 is 0.667 bits per heavy atom. The van der Waals surface area contributed by atoms with Gasteiger partial charge in [-0.25, -0.2) is 0 Å². The second kappa shape index (κ2) is 4.39. The van der Waals surface area contributed by atoms with Crippen LogP contribution in [0.1, 0.15) is 5.56 Å². The lowest BCUT2D eigenvalue weighted by Gasteiger charge is -2.08. The van der Waals surface area contributed by atoms with E-state index < -0.39 is 0 Å². The normalized spacial score (nSPS) is 10.2. The van der Waals surface area contributed by atoms with Crippen molar-refractivity contribution in [3.05, 3.63) is 72.3 Å². The first kappa shape index (κ1) is 10.6. The average molecular weight is 228 g/mol. The molecule has 0 atom stereocenters. The van der Waals surface area contributed by atoms with Crippen LogP contribution >= 0.6 is 0 Å².